The molecule has 0 atom stereocenters. The number of benzene rings is 1. The molecule has 0 aliphatic heterocycles. The maximum absolute atomic E-state index is 10.8. The van der Waals surface area contributed by atoms with Gasteiger partial charge in [0.2, 0.25) is 0 Å². The lowest BCUT2D eigenvalue weighted by atomic mass is 9.85. The zero-order valence-electron chi connectivity index (χ0n) is 11.8. The second-order valence-corrected chi connectivity index (χ2v) is 4.60. The molecule has 1 rings (SSSR count). The molecule has 0 saturated heterocycles. The van der Waals surface area contributed by atoms with Crippen LogP contribution in [0.1, 0.15) is 45.1 Å². The van der Waals surface area contributed by atoms with Crippen molar-refractivity contribution in [2.75, 3.05) is 14.2 Å². The lowest BCUT2D eigenvalue weighted by molar-refractivity contribution is 0.0167. The Bertz CT molecular complexity index is 368. The predicted molar refractivity (Wildman–Crippen MR) is 73.3 cm³/mol. The fraction of sp³-hybridized carbons (Fsp3) is 0.600. The molecule has 102 valence electrons. The molecule has 0 spiro atoms. The molecule has 1 aromatic carbocycles. The molecule has 0 aromatic heterocycles. The van der Waals surface area contributed by atoms with Gasteiger partial charge in [-0.3, -0.25) is 0 Å². The summed E-state index contributed by atoms with van der Waals surface area (Å²) >= 11 is 0. The summed E-state index contributed by atoms with van der Waals surface area (Å²) in [6, 6.07) is 5.65. The Kier molecular flexibility index (Phi) is 5.48. The van der Waals surface area contributed by atoms with Gasteiger partial charge in [-0.25, -0.2) is 0 Å². The molecule has 3 nitrogen and oxygen atoms in total. The normalized spacial score (nSPS) is 11.4. The van der Waals surface area contributed by atoms with Gasteiger partial charge < -0.3 is 14.6 Å². The Morgan fingerprint density at radius 3 is 2.00 bits per heavy atom. The number of ether oxygens (including phenoxy) is 2. The van der Waals surface area contributed by atoms with Crippen molar-refractivity contribution in [2.45, 2.75) is 45.1 Å². The fourth-order valence-electron chi connectivity index (χ4n) is 2.37. The molecule has 0 heterocycles. The van der Waals surface area contributed by atoms with E-state index in [9.17, 15) is 5.11 Å². The summed E-state index contributed by atoms with van der Waals surface area (Å²) < 4.78 is 10.5. The van der Waals surface area contributed by atoms with Crippen LogP contribution < -0.4 is 9.47 Å². The van der Waals surface area contributed by atoms with Gasteiger partial charge in [0, 0.05) is 0 Å². The van der Waals surface area contributed by atoms with Gasteiger partial charge in [0.1, 0.15) is 0 Å². The first kappa shape index (κ1) is 14.8. The van der Waals surface area contributed by atoms with Crippen molar-refractivity contribution in [2.24, 2.45) is 0 Å². The SMILES string of the molecule is CCCC(O)(CCC)c1ccc(OC)c(OC)c1. The minimum atomic E-state index is -0.761. The quantitative estimate of drug-likeness (QED) is 0.807. The second kappa shape index (κ2) is 6.64. The van der Waals surface area contributed by atoms with Crippen LogP contribution in [0.2, 0.25) is 0 Å². The molecule has 0 aliphatic rings. The van der Waals surface area contributed by atoms with E-state index in [-0.39, 0.29) is 0 Å². The van der Waals surface area contributed by atoms with E-state index in [4.69, 9.17) is 9.47 Å². The highest BCUT2D eigenvalue weighted by atomic mass is 16.5. The summed E-state index contributed by atoms with van der Waals surface area (Å²) in [6.07, 6.45) is 3.42. The first-order chi connectivity index (χ1) is 8.61. The van der Waals surface area contributed by atoms with Crippen molar-refractivity contribution in [3.8, 4) is 11.5 Å². The molecule has 0 radical (unpaired) electrons. The van der Waals surface area contributed by atoms with Crippen LogP contribution in [0.25, 0.3) is 0 Å². The molecule has 0 bridgehead atoms. The van der Waals surface area contributed by atoms with E-state index < -0.39 is 5.60 Å². The Morgan fingerprint density at radius 2 is 1.56 bits per heavy atom. The third-order valence-electron chi connectivity index (χ3n) is 3.25. The molecule has 0 aliphatic carbocycles. The van der Waals surface area contributed by atoms with Gasteiger partial charge in [0.05, 0.1) is 19.8 Å². The first-order valence-corrected chi connectivity index (χ1v) is 6.56. The van der Waals surface area contributed by atoms with Gasteiger partial charge in [-0.1, -0.05) is 32.8 Å². The van der Waals surface area contributed by atoms with Crippen molar-refractivity contribution >= 4 is 0 Å². The van der Waals surface area contributed by atoms with Crippen LogP contribution >= 0.6 is 0 Å². The number of methoxy groups -OCH3 is 2. The Balaban J connectivity index is 3.12. The molecule has 0 unspecified atom stereocenters. The van der Waals surface area contributed by atoms with E-state index in [0.717, 1.165) is 31.2 Å². The van der Waals surface area contributed by atoms with Gasteiger partial charge in [-0.15, -0.1) is 0 Å². The van der Waals surface area contributed by atoms with Crippen molar-refractivity contribution in [3.63, 3.8) is 0 Å². The van der Waals surface area contributed by atoms with Crippen molar-refractivity contribution in [1.29, 1.82) is 0 Å². The zero-order valence-corrected chi connectivity index (χ0v) is 11.8. The monoisotopic (exact) mass is 252 g/mol. The highest BCUT2D eigenvalue weighted by molar-refractivity contribution is 5.44. The van der Waals surface area contributed by atoms with Gasteiger partial charge in [0.25, 0.3) is 0 Å². The van der Waals surface area contributed by atoms with E-state index in [1.165, 1.54) is 0 Å². The zero-order chi connectivity index (χ0) is 13.6. The smallest absolute Gasteiger partial charge is 0.161 e. The molecule has 0 saturated carbocycles. The van der Waals surface area contributed by atoms with Crippen LogP contribution in [0.5, 0.6) is 11.5 Å². The summed E-state index contributed by atoms with van der Waals surface area (Å²) in [5, 5.41) is 10.8. The van der Waals surface area contributed by atoms with E-state index in [1.54, 1.807) is 14.2 Å². The summed E-state index contributed by atoms with van der Waals surface area (Å²) in [7, 11) is 3.22. The van der Waals surface area contributed by atoms with Crippen molar-refractivity contribution in [3.05, 3.63) is 23.8 Å². The molecule has 1 N–H and O–H groups in total. The predicted octanol–water partition coefficient (Wildman–Crippen LogP) is 3.49. The highest BCUT2D eigenvalue weighted by Crippen LogP contribution is 2.36. The van der Waals surface area contributed by atoms with Gasteiger partial charge in [0.15, 0.2) is 11.5 Å². The van der Waals surface area contributed by atoms with E-state index in [0.29, 0.717) is 11.5 Å². The molecule has 0 fully saturated rings. The molecule has 1 aromatic rings. The Morgan fingerprint density at radius 1 is 1.00 bits per heavy atom. The maximum atomic E-state index is 10.8. The van der Waals surface area contributed by atoms with E-state index in [1.807, 2.05) is 18.2 Å². The minimum Gasteiger partial charge on any atom is -0.493 e. The minimum absolute atomic E-state index is 0.667. The van der Waals surface area contributed by atoms with Crippen molar-refractivity contribution < 1.29 is 14.6 Å². The summed E-state index contributed by atoms with van der Waals surface area (Å²) in [5.41, 5.74) is 0.145. The molecule has 0 amide bonds. The number of rotatable bonds is 7. The maximum Gasteiger partial charge on any atom is 0.161 e. The van der Waals surface area contributed by atoms with Crippen LogP contribution in [-0.2, 0) is 5.60 Å². The Labute approximate surface area is 110 Å². The molecule has 18 heavy (non-hydrogen) atoms. The fourth-order valence-corrected chi connectivity index (χ4v) is 2.37. The summed E-state index contributed by atoms with van der Waals surface area (Å²) in [4.78, 5) is 0. The summed E-state index contributed by atoms with van der Waals surface area (Å²) in [6.45, 7) is 4.17. The second-order valence-electron chi connectivity index (χ2n) is 4.60. The molecular weight excluding hydrogens is 228 g/mol. The lowest BCUT2D eigenvalue weighted by Crippen LogP contribution is -2.25. The lowest BCUT2D eigenvalue weighted by Gasteiger charge is -2.28. The average molecular weight is 252 g/mol. The van der Waals surface area contributed by atoms with Gasteiger partial charge >= 0.3 is 0 Å². The highest BCUT2D eigenvalue weighted by Gasteiger charge is 2.28. The number of hydrogen-bond acceptors (Lipinski definition) is 3. The molecule has 3 heteroatoms. The molecular formula is C15H24O3. The standard InChI is InChI=1S/C15H24O3/c1-5-9-15(16,10-6-2)12-7-8-13(17-3)14(11-12)18-4/h7-8,11,16H,5-6,9-10H2,1-4H3. The van der Waals surface area contributed by atoms with Crippen LogP contribution in [-0.4, -0.2) is 19.3 Å². The van der Waals surface area contributed by atoms with Crippen molar-refractivity contribution in [1.82, 2.24) is 0 Å². The van der Waals surface area contributed by atoms with Crippen LogP contribution in [0.15, 0.2) is 18.2 Å². The number of hydrogen-bond donors (Lipinski definition) is 1. The van der Waals surface area contributed by atoms with E-state index >= 15 is 0 Å². The van der Waals surface area contributed by atoms with Gasteiger partial charge in [-0.2, -0.15) is 0 Å². The summed E-state index contributed by atoms with van der Waals surface area (Å²) in [5.74, 6) is 1.36. The third-order valence-corrected chi connectivity index (χ3v) is 3.25. The van der Waals surface area contributed by atoms with Gasteiger partial charge in [-0.05, 0) is 30.5 Å². The van der Waals surface area contributed by atoms with Crippen LogP contribution in [0.4, 0.5) is 0 Å². The number of aliphatic hydroxyl groups is 1. The largest absolute Gasteiger partial charge is 0.493 e. The van der Waals surface area contributed by atoms with E-state index in [2.05, 4.69) is 13.8 Å². The van der Waals surface area contributed by atoms with Crippen LogP contribution in [0.3, 0.4) is 0 Å². The first-order valence-electron chi connectivity index (χ1n) is 6.56. The average Bonchev–Trinajstić information content (AvgIpc) is 2.38. The van der Waals surface area contributed by atoms with Crippen LogP contribution in [0, 0.1) is 0 Å². The third kappa shape index (κ3) is 3.16. The topological polar surface area (TPSA) is 38.7 Å². The Hall–Kier alpha value is -1.22.